The van der Waals surface area contributed by atoms with Gasteiger partial charge in [0.15, 0.2) is 0 Å². The number of hydrogen-bond acceptors (Lipinski definition) is 4. The van der Waals surface area contributed by atoms with Crippen LogP contribution >= 0.6 is 0 Å². The first-order valence-electron chi connectivity index (χ1n) is 9.29. The first kappa shape index (κ1) is 19.0. The van der Waals surface area contributed by atoms with Crippen molar-refractivity contribution in [3.8, 4) is 0 Å². The van der Waals surface area contributed by atoms with Gasteiger partial charge in [-0.2, -0.15) is 0 Å². The topological polar surface area (TPSA) is 65.8 Å². The van der Waals surface area contributed by atoms with Crippen LogP contribution in [0.25, 0.3) is 0 Å². The summed E-state index contributed by atoms with van der Waals surface area (Å²) < 4.78 is 5.22. The van der Waals surface area contributed by atoms with Gasteiger partial charge in [0.05, 0.1) is 12.8 Å². The van der Waals surface area contributed by atoms with E-state index in [2.05, 4.69) is 41.4 Å². The van der Waals surface area contributed by atoms with Crippen LogP contribution in [0.3, 0.4) is 0 Å². The van der Waals surface area contributed by atoms with Crippen molar-refractivity contribution in [2.45, 2.75) is 27.3 Å². The molecule has 6 heteroatoms. The van der Waals surface area contributed by atoms with Crippen molar-refractivity contribution in [1.29, 1.82) is 0 Å². The summed E-state index contributed by atoms with van der Waals surface area (Å²) in [6.45, 7) is 8.47. The van der Waals surface area contributed by atoms with Gasteiger partial charge in [-0.25, -0.2) is 0 Å². The number of nitrogens with zero attached hydrogens (tertiary/aromatic N) is 2. The van der Waals surface area contributed by atoms with E-state index in [4.69, 9.17) is 4.42 Å². The molecule has 0 aliphatic carbocycles. The Hall–Kier alpha value is -2.76. The molecule has 6 nitrogen and oxygen atoms in total. The highest BCUT2D eigenvalue weighted by Gasteiger charge is 2.40. The van der Waals surface area contributed by atoms with E-state index in [1.54, 1.807) is 37.1 Å². The average Bonchev–Trinajstić information content (AvgIpc) is 3.19. The third-order valence-corrected chi connectivity index (χ3v) is 5.04. The third kappa shape index (κ3) is 4.32. The van der Waals surface area contributed by atoms with Gasteiger partial charge in [-0.15, -0.1) is 0 Å². The van der Waals surface area contributed by atoms with Gasteiger partial charge < -0.3 is 19.5 Å². The molecule has 2 amide bonds. The van der Waals surface area contributed by atoms with E-state index >= 15 is 0 Å². The molecule has 0 spiro atoms. The first-order valence-corrected chi connectivity index (χ1v) is 9.29. The molecule has 1 saturated heterocycles. The summed E-state index contributed by atoms with van der Waals surface area (Å²) >= 11 is 0. The Morgan fingerprint density at radius 2 is 1.85 bits per heavy atom. The second-order valence-electron chi connectivity index (χ2n) is 7.51. The molecule has 0 saturated carbocycles. The number of amides is 2. The summed E-state index contributed by atoms with van der Waals surface area (Å²) in [4.78, 5) is 29.6. The third-order valence-electron chi connectivity index (χ3n) is 5.04. The van der Waals surface area contributed by atoms with Gasteiger partial charge in [0.2, 0.25) is 11.8 Å². The zero-order valence-corrected chi connectivity index (χ0v) is 16.2. The van der Waals surface area contributed by atoms with Crippen molar-refractivity contribution in [2.24, 2.45) is 5.41 Å². The summed E-state index contributed by atoms with van der Waals surface area (Å²) in [6.07, 6.45) is 1.56. The Morgan fingerprint density at radius 3 is 2.48 bits per heavy atom. The zero-order chi connectivity index (χ0) is 19.4. The van der Waals surface area contributed by atoms with Crippen molar-refractivity contribution >= 4 is 17.5 Å². The Bertz CT molecular complexity index is 791. The lowest BCUT2D eigenvalue weighted by Gasteiger charge is -2.39. The molecule has 3 rings (SSSR count). The summed E-state index contributed by atoms with van der Waals surface area (Å²) in [5.41, 5.74) is 1.29. The molecule has 1 fully saturated rings. The number of piperazine rings is 1. The van der Waals surface area contributed by atoms with E-state index in [-0.39, 0.29) is 18.4 Å². The van der Waals surface area contributed by atoms with Gasteiger partial charge in [-0.05, 0) is 50.6 Å². The first-order chi connectivity index (χ1) is 12.9. The molecule has 1 aliphatic heterocycles. The second-order valence-corrected chi connectivity index (χ2v) is 7.51. The molecule has 2 aromatic rings. The van der Waals surface area contributed by atoms with Crippen LogP contribution in [0, 0.1) is 12.3 Å². The van der Waals surface area contributed by atoms with Gasteiger partial charge in [-0.1, -0.05) is 12.1 Å². The molecule has 2 heterocycles. The number of rotatable bonds is 5. The monoisotopic (exact) mass is 369 g/mol. The largest absolute Gasteiger partial charge is 0.467 e. The van der Waals surface area contributed by atoms with Gasteiger partial charge in [0.1, 0.15) is 11.2 Å². The highest BCUT2D eigenvalue weighted by atomic mass is 16.3. The van der Waals surface area contributed by atoms with Crippen LogP contribution in [-0.2, 0) is 16.1 Å². The fourth-order valence-electron chi connectivity index (χ4n) is 3.29. The van der Waals surface area contributed by atoms with Crippen LogP contribution in [0.1, 0.15) is 25.2 Å². The van der Waals surface area contributed by atoms with Gasteiger partial charge in [0, 0.05) is 31.9 Å². The van der Waals surface area contributed by atoms with E-state index in [1.165, 1.54) is 11.3 Å². The van der Waals surface area contributed by atoms with Crippen LogP contribution in [0.5, 0.6) is 0 Å². The smallest absolute Gasteiger partial charge is 0.237 e. The summed E-state index contributed by atoms with van der Waals surface area (Å²) in [6, 6.07) is 11.9. The van der Waals surface area contributed by atoms with Crippen molar-refractivity contribution < 1.29 is 14.0 Å². The van der Waals surface area contributed by atoms with E-state index in [9.17, 15) is 9.59 Å². The Labute approximate surface area is 160 Å². The van der Waals surface area contributed by atoms with E-state index < -0.39 is 5.41 Å². The Balaban J connectivity index is 1.56. The molecule has 1 aliphatic rings. The van der Waals surface area contributed by atoms with Gasteiger partial charge >= 0.3 is 0 Å². The summed E-state index contributed by atoms with van der Waals surface area (Å²) in [5, 5.41) is 2.80. The predicted molar refractivity (Wildman–Crippen MR) is 104 cm³/mol. The highest BCUT2D eigenvalue weighted by molar-refractivity contribution is 6.04. The van der Waals surface area contributed by atoms with Gasteiger partial charge in [-0.3, -0.25) is 9.59 Å². The van der Waals surface area contributed by atoms with Crippen LogP contribution < -0.4 is 10.2 Å². The lowest BCUT2D eigenvalue weighted by Crippen LogP contribution is -2.55. The summed E-state index contributed by atoms with van der Waals surface area (Å²) in [7, 11) is 0. The van der Waals surface area contributed by atoms with Crippen molar-refractivity contribution in [3.63, 3.8) is 0 Å². The Morgan fingerprint density at radius 1 is 1.11 bits per heavy atom. The molecular weight excluding hydrogens is 342 g/mol. The van der Waals surface area contributed by atoms with Crippen LogP contribution in [-0.4, -0.2) is 42.9 Å². The minimum absolute atomic E-state index is 0.136. The number of carbonyl (C=O) groups is 2. The van der Waals surface area contributed by atoms with E-state index in [0.717, 1.165) is 13.1 Å². The zero-order valence-electron chi connectivity index (χ0n) is 16.2. The molecule has 1 aromatic heterocycles. The second kappa shape index (κ2) is 7.86. The number of carbonyl (C=O) groups excluding carboxylic acids is 2. The molecule has 0 atom stereocenters. The average molecular weight is 369 g/mol. The molecule has 1 N–H and O–H groups in total. The molecule has 0 bridgehead atoms. The van der Waals surface area contributed by atoms with E-state index in [1.807, 2.05) is 0 Å². The maximum absolute atomic E-state index is 12.9. The fourth-order valence-corrected chi connectivity index (χ4v) is 3.29. The molecule has 27 heavy (non-hydrogen) atoms. The number of aryl methyl sites for hydroxylation is 1. The van der Waals surface area contributed by atoms with E-state index in [0.29, 0.717) is 18.8 Å². The molecule has 0 unspecified atom stereocenters. The summed E-state index contributed by atoms with van der Waals surface area (Å²) in [5.74, 6) is 0.242. The number of anilines is 1. The molecule has 144 valence electrons. The predicted octanol–water partition coefficient (Wildman–Crippen LogP) is 2.58. The van der Waals surface area contributed by atoms with Crippen molar-refractivity contribution in [2.75, 3.05) is 31.1 Å². The van der Waals surface area contributed by atoms with Crippen LogP contribution in [0.15, 0.2) is 47.1 Å². The lowest BCUT2D eigenvalue weighted by molar-refractivity contribution is -0.148. The Kier molecular flexibility index (Phi) is 5.54. The molecular formula is C21H27N3O3. The maximum atomic E-state index is 12.9. The SMILES string of the molecule is Cc1cccc(N2CCN(C(=O)C(C)(C)C(=O)NCc3ccco3)CC2)c1. The minimum Gasteiger partial charge on any atom is -0.467 e. The molecule has 0 radical (unpaired) electrons. The number of nitrogens with one attached hydrogen (secondary N) is 1. The maximum Gasteiger partial charge on any atom is 0.237 e. The standard InChI is InChI=1S/C21H27N3O3/c1-16-6-4-7-17(14-16)23-9-11-24(12-10-23)20(26)21(2,3)19(25)22-15-18-8-5-13-27-18/h4-8,13-14H,9-12,15H2,1-3H3,(H,22,25). The highest BCUT2D eigenvalue weighted by Crippen LogP contribution is 2.23. The number of furan rings is 1. The lowest BCUT2D eigenvalue weighted by atomic mass is 9.90. The molecule has 1 aromatic carbocycles. The quantitative estimate of drug-likeness (QED) is 0.823. The van der Waals surface area contributed by atoms with Crippen LogP contribution in [0.4, 0.5) is 5.69 Å². The minimum atomic E-state index is -1.11. The van der Waals surface area contributed by atoms with Gasteiger partial charge in [0.25, 0.3) is 0 Å². The fraction of sp³-hybridized carbons (Fsp3) is 0.429. The van der Waals surface area contributed by atoms with Crippen molar-refractivity contribution in [1.82, 2.24) is 10.2 Å². The van der Waals surface area contributed by atoms with Crippen LogP contribution in [0.2, 0.25) is 0 Å². The number of benzene rings is 1. The number of hydrogen-bond donors (Lipinski definition) is 1. The normalized spacial score (nSPS) is 14.9. The van der Waals surface area contributed by atoms with Crippen molar-refractivity contribution in [3.05, 3.63) is 54.0 Å².